The monoisotopic (exact) mass is 353 g/mol. The molecule has 0 saturated carbocycles. The zero-order chi connectivity index (χ0) is 15.7. The Hall–Kier alpha value is -1.41. The van der Waals surface area contributed by atoms with Gasteiger partial charge in [0.15, 0.2) is 0 Å². The average molecular weight is 354 g/mol. The van der Waals surface area contributed by atoms with E-state index in [1.54, 1.807) is 16.8 Å². The number of anilines is 1. The van der Waals surface area contributed by atoms with Gasteiger partial charge in [-0.15, -0.1) is 0 Å². The van der Waals surface area contributed by atoms with E-state index in [1.807, 2.05) is 49.4 Å². The van der Waals surface area contributed by atoms with Gasteiger partial charge in [0.05, 0.1) is 6.54 Å². The molecule has 0 aliphatic carbocycles. The molecule has 0 spiro atoms. The number of halogens is 2. The van der Waals surface area contributed by atoms with Crippen LogP contribution in [0.4, 0.5) is 5.69 Å². The van der Waals surface area contributed by atoms with Gasteiger partial charge < -0.3 is 4.52 Å². The maximum Gasteiger partial charge on any atom is 0.438 e. The van der Waals surface area contributed by atoms with E-state index in [1.165, 1.54) is 0 Å². The highest BCUT2D eigenvalue weighted by molar-refractivity contribution is 7.86. The maximum absolute atomic E-state index is 12.7. The molecule has 3 rings (SSSR count). The van der Waals surface area contributed by atoms with E-state index >= 15 is 0 Å². The van der Waals surface area contributed by atoms with Gasteiger partial charge in [0.2, 0.25) is 0 Å². The Balaban J connectivity index is 1.90. The van der Waals surface area contributed by atoms with E-state index in [2.05, 4.69) is 0 Å². The third-order valence-electron chi connectivity index (χ3n) is 3.41. The van der Waals surface area contributed by atoms with Crippen molar-refractivity contribution in [1.82, 2.24) is 0 Å². The lowest BCUT2D eigenvalue weighted by molar-refractivity contribution is 0.466. The largest absolute Gasteiger partial charge is 0.438 e. The molecule has 6 heteroatoms. The van der Waals surface area contributed by atoms with E-state index in [0.29, 0.717) is 17.3 Å². The quantitative estimate of drug-likeness (QED) is 0.632. The first kappa shape index (κ1) is 15.5. The lowest BCUT2D eigenvalue weighted by Crippen LogP contribution is -2.22. The summed E-state index contributed by atoms with van der Waals surface area (Å²) in [5.41, 5.74) is 2.70. The van der Waals surface area contributed by atoms with Crippen LogP contribution in [0.1, 0.15) is 11.1 Å². The van der Waals surface area contributed by atoms with Crippen LogP contribution < -0.4 is 4.67 Å². The fourth-order valence-electron chi connectivity index (χ4n) is 2.22. The fourth-order valence-corrected chi connectivity index (χ4v) is 4.22. The minimum absolute atomic E-state index is 0.418. The molecule has 0 N–H and O–H groups in total. The zero-order valence-electron chi connectivity index (χ0n) is 11.9. The van der Waals surface area contributed by atoms with Gasteiger partial charge in [0.25, 0.3) is 0 Å². The predicted molar refractivity (Wildman–Crippen MR) is 92.5 cm³/mol. The molecule has 0 aromatic heterocycles. The first-order chi connectivity index (χ1) is 10.5. The first-order valence-electron chi connectivity index (χ1n) is 6.76. The molecule has 0 amide bonds. The Morgan fingerprint density at radius 3 is 2.32 bits per heavy atom. The standard InChI is InChI=1S/C16H14Cl2NO2P/c1-12-2-8-15(9-3-12)19-11-10-16(21-22(19,18)20)13-4-6-14(17)7-5-13/h2-10H,11H2,1H3. The summed E-state index contributed by atoms with van der Waals surface area (Å²) >= 11 is 12.1. The van der Waals surface area contributed by atoms with Gasteiger partial charge in [0, 0.05) is 27.5 Å². The summed E-state index contributed by atoms with van der Waals surface area (Å²) in [5.74, 6) is 0.512. The minimum Gasteiger partial charge on any atom is -0.418 e. The second kappa shape index (κ2) is 6.00. The highest BCUT2D eigenvalue weighted by Crippen LogP contribution is 2.61. The van der Waals surface area contributed by atoms with Crippen molar-refractivity contribution in [3.05, 3.63) is 70.8 Å². The van der Waals surface area contributed by atoms with Crippen LogP contribution >= 0.6 is 29.7 Å². The summed E-state index contributed by atoms with van der Waals surface area (Å²) < 4.78 is 19.8. The number of hydrogen-bond acceptors (Lipinski definition) is 2. The van der Waals surface area contributed by atoms with Crippen LogP contribution in [0.15, 0.2) is 54.6 Å². The van der Waals surface area contributed by atoms with Crippen LogP contribution in [0.3, 0.4) is 0 Å². The SMILES string of the molecule is Cc1ccc(N2CC=C(c3ccc(Cl)cc3)OP2(=O)Cl)cc1. The summed E-state index contributed by atoms with van der Waals surface area (Å²) in [5, 5.41) is 0.635. The molecular weight excluding hydrogens is 340 g/mol. The highest BCUT2D eigenvalue weighted by Gasteiger charge is 2.35. The number of benzene rings is 2. The van der Waals surface area contributed by atoms with Crippen molar-refractivity contribution in [2.75, 3.05) is 11.2 Å². The molecule has 1 heterocycles. The second-order valence-corrected chi connectivity index (χ2v) is 8.32. The van der Waals surface area contributed by atoms with Crippen LogP contribution in [0.2, 0.25) is 5.02 Å². The Labute approximate surface area is 139 Å². The Morgan fingerprint density at radius 1 is 1.09 bits per heavy atom. The Kier molecular flexibility index (Phi) is 4.22. The first-order valence-corrected chi connectivity index (χ1v) is 9.62. The molecule has 1 aliphatic rings. The lowest BCUT2D eigenvalue weighted by atomic mass is 10.2. The number of hydrogen-bond donors (Lipinski definition) is 0. The molecule has 2 aromatic rings. The summed E-state index contributed by atoms with van der Waals surface area (Å²) in [6, 6.07) is 14.8. The smallest absolute Gasteiger partial charge is 0.418 e. The van der Waals surface area contributed by atoms with Crippen molar-refractivity contribution in [1.29, 1.82) is 0 Å². The van der Waals surface area contributed by atoms with Gasteiger partial charge in [-0.25, -0.2) is 4.57 Å². The number of rotatable bonds is 2. The van der Waals surface area contributed by atoms with Gasteiger partial charge >= 0.3 is 6.87 Å². The van der Waals surface area contributed by atoms with Crippen molar-refractivity contribution in [2.24, 2.45) is 0 Å². The third kappa shape index (κ3) is 3.17. The van der Waals surface area contributed by atoms with E-state index in [4.69, 9.17) is 27.4 Å². The highest BCUT2D eigenvalue weighted by atomic mass is 35.7. The molecule has 1 atom stereocenters. The van der Waals surface area contributed by atoms with Gasteiger partial charge in [-0.1, -0.05) is 29.3 Å². The summed E-state index contributed by atoms with van der Waals surface area (Å²) in [7, 11) is 0. The van der Waals surface area contributed by atoms with Crippen molar-refractivity contribution in [3.8, 4) is 0 Å². The van der Waals surface area contributed by atoms with Gasteiger partial charge in [0.1, 0.15) is 5.76 Å². The van der Waals surface area contributed by atoms with Crippen molar-refractivity contribution in [2.45, 2.75) is 6.92 Å². The molecule has 114 valence electrons. The Bertz CT molecular complexity index is 757. The van der Waals surface area contributed by atoms with Gasteiger partial charge in [-0.2, -0.15) is 0 Å². The number of aryl methyl sites for hydroxylation is 1. The van der Waals surface area contributed by atoms with Crippen molar-refractivity contribution in [3.63, 3.8) is 0 Å². The topological polar surface area (TPSA) is 29.5 Å². The van der Waals surface area contributed by atoms with E-state index < -0.39 is 6.87 Å². The minimum atomic E-state index is -3.46. The molecule has 1 unspecified atom stereocenters. The van der Waals surface area contributed by atoms with Crippen molar-refractivity contribution < 1.29 is 9.09 Å². The van der Waals surface area contributed by atoms with Crippen LogP contribution in [-0.4, -0.2) is 6.54 Å². The van der Waals surface area contributed by atoms with Gasteiger partial charge in [-0.05, 0) is 49.4 Å². The molecule has 22 heavy (non-hydrogen) atoms. The summed E-state index contributed by atoms with van der Waals surface area (Å²) in [6.07, 6.45) is 1.86. The molecule has 0 fully saturated rings. The van der Waals surface area contributed by atoms with Crippen LogP contribution in [0.5, 0.6) is 0 Å². The van der Waals surface area contributed by atoms with E-state index in [-0.39, 0.29) is 0 Å². The molecular formula is C16H14Cl2NO2P. The van der Waals surface area contributed by atoms with Crippen LogP contribution in [0, 0.1) is 6.92 Å². The van der Waals surface area contributed by atoms with Crippen LogP contribution in [0.25, 0.3) is 5.76 Å². The van der Waals surface area contributed by atoms with Crippen LogP contribution in [-0.2, 0) is 9.09 Å². The second-order valence-electron chi connectivity index (χ2n) is 5.04. The van der Waals surface area contributed by atoms with Crippen molar-refractivity contribution >= 4 is 41.2 Å². The number of nitrogens with zero attached hydrogens (tertiary/aromatic N) is 1. The summed E-state index contributed by atoms with van der Waals surface area (Å²) in [6.45, 7) is -1.05. The molecule has 1 aliphatic heterocycles. The molecule has 0 radical (unpaired) electrons. The molecule has 0 saturated heterocycles. The Morgan fingerprint density at radius 2 is 1.73 bits per heavy atom. The van der Waals surface area contributed by atoms with E-state index in [9.17, 15) is 4.57 Å². The summed E-state index contributed by atoms with van der Waals surface area (Å²) in [4.78, 5) is 0. The molecule has 2 aromatic carbocycles. The third-order valence-corrected chi connectivity index (χ3v) is 5.81. The molecule has 3 nitrogen and oxygen atoms in total. The lowest BCUT2D eigenvalue weighted by Gasteiger charge is -2.32. The molecule has 0 bridgehead atoms. The average Bonchev–Trinajstić information content (AvgIpc) is 2.48. The normalized spacial score (nSPS) is 21.2. The zero-order valence-corrected chi connectivity index (χ0v) is 14.3. The maximum atomic E-state index is 12.7. The van der Waals surface area contributed by atoms with Gasteiger partial charge in [-0.3, -0.25) is 4.67 Å². The fraction of sp³-hybridized carbons (Fsp3) is 0.125. The predicted octanol–water partition coefficient (Wildman–Crippen LogP) is 5.87. The van der Waals surface area contributed by atoms with E-state index in [0.717, 1.165) is 16.8 Å².